The van der Waals surface area contributed by atoms with Gasteiger partial charge in [0.05, 0.1) is 5.52 Å². The lowest BCUT2D eigenvalue weighted by Gasteiger charge is -2.04. The minimum absolute atomic E-state index is 0.386. The average Bonchev–Trinajstić information content (AvgIpc) is 2.43. The van der Waals surface area contributed by atoms with Crippen LogP contribution < -0.4 is 5.76 Å². The Kier molecular flexibility index (Phi) is 1.72. The van der Waals surface area contributed by atoms with Crippen molar-refractivity contribution in [1.29, 1.82) is 0 Å². The molecule has 1 aromatic heterocycles. The van der Waals surface area contributed by atoms with Crippen LogP contribution in [-0.2, 0) is 0 Å². The van der Waals surface area contributed by atoms with Crippen molar-refractivity contribution < 1.29 is 4.42 Å². The van der Waals surface area contributed by atoms with Crippen LogP contribution in [0.1, 0.15) is 25.3 Å². The second-order valence-corrected chi connectivity index (χ2v) is 3.39. The molecule has 68 valence electrons. The van der Waals surface area contributed by atoms with Gasteiger partial charge in [0.2, 0.25) is 0 Å². The first-order valence-electron chi connectivity index (χ1n) is 4.30. The van der Waals surface area contributed by atoms with Crippen molar-refractivity contribution in [1.82, 2.24) is 4.98 Å². The van der Waals surface area contributed by atoms with Gasteiger partial charge >= 0.3 is 5.76 Å². The molecule has 0 aliphatic carbocycles. The van der Waals surface area contributed by atoms with Crippen LogP contribution in [0.3, 0.4) is 0 Å². The molecule has 0 spiro atoms. The summed E-state index contributed by atoms with van der Waals surface area (Å²) < 4.78 is 4.95. The smallest absolute Gasteiger partial charge is 0.408 e. The molecule has 1 aromatic carbocycles. The largest absolute Gasteiger partial charge is 0.417 e. The monoisotopic (exact) mass is 177 g/mol. The SMILES string of the molecule is CC(C)c1cccc2oc(=O)[nH]c12. The topological polar surface area (TPSA) is 46.0 Å². The van der Waals surface area contributed by atoms with Gasteiger partial charge in [-0.15, -0.1) is 0 Å². The van der Waals surface area contributed by atoms with Crippen LogP contribution in [0, 0.1) is 0 Å². The van der Waals surface area contributed by atoms with E-state index in [4.69, 9.17) is 4.42 Å². The molecular formula is C10H11NO2. The van der Waals surface area contributed by atoms with E-state index in [2.05, 4.69) is 18.8 Å². The lowest BCUT2D eigenvalue weighted by atomic mass is 10.0. The zero-order valence-corrected chi connectivity index (χ0v) is 7.63. The lowest BCUT2D eigenvalue weighted by molar-refractivity contribution is 0.555. The zero-order chi connectivity index (χ0) is 9.42. The maximum Gasteiger partial charge on any atom is 0.417 e. The molecule has 0 bridgehead atoms. The Bertz CT molecular complexity index is 479. The summed E-state index contributed by atoms with van der Waals surface area (Å²) in [6.45, 7) is 4.17. The van der Waals surface area contributed by atoms with Crippen molar-refractivity contribution >= 4 is 11.1 Å². The Morgan fingerprint density at radius 2 is 2.15 bits per heavy atom. The molecular weight excluding hydrogens is 166 g/mol. The normalized spacial score (nSPS) is 11.3. The number of hydrogen-bond donors (Lipinski definition) is 1. The van der Waals surface area contributed by atoms with E-state index in [1.807, 2.05) is 12.1 Å². The predicted molar refractivity (Wildman–Crippen MR) is 50.9 cm³/mol. The highest BCUT2D eigenvalue weighted by molar-refractivity contribution is 5.76. The summed E-state index contributed by atoms with van der Waals surface area (Å²) in [5.74, 6) is 0.0000463. The number of oxazole rings is 1. The van der Waals surface area contributed by atoms with E-state index in [1.165, 1.54) is 0 Å². The van der Waals surface area contributed by atoms with Crippen LogP contribution >= 0.6 is 0 Å². The van der Waals surface area contributed by atoms with Gasteiger partial charge in [-0.1, -0.05) is 26.0 Å². The molecule has 0 unspecified atom stereocenters. The second-order valence-electron chi connectivity index (χ2n) is 3.39. The fraction of sp³-hybridized carbons (Fsp3) is 0.300. The molecule has 13 heavy (non-hydrogen) atoms. The number of para-hydroxylation sites is 1. The first kappa shape index (κ1) is 8.10. The van der Waals surface area contributed by atoms with Gasteiger partial charge in [0.25, 0.3) is 0 Å². The summed E-state index contributed by atoms with van der Waals surface area (Å²) in [5, 5.41) is 0. The number of benzene rings is 1. The van der Waals surface area contributed by atoms with Crippen LogP contribution in [0.15, 0.2) is 27.4 Å². The van der Waals surface area contributed by atoms with Crippen molar-refractivity contribution in [3.05, 3.63) is 34.3 Å². The number of hydrogen-bond acceptors (Lipinski definition) is 2. The van der Waals surface area contributed by atoms with E-state index < -0.39 is 0 Å². The maximum atomic E-state index is 10.9. The van der Waals surface area contributed by atoms with Crippen LogP contribution in [0.4, 0.5) is 0 Å². The van der Waals surface area contributed by atoms with Gasteiger partial charge in [0.1, 0.15) is 0 Å². The minimum atomic E-state index is -0.386. The number of aromatic amines is 1. The van der Waals surface area contributed by atoms with Crippen molar-refractivity contribution in [2.45, 2.75) is 19.8 Å². The predicted octanol–water partition coefficient (Wildman–Crippen LogP) is 2.24. The fourth-order valence-corrected chi connectivity index (χ4v) is 1.48. The Morgan fingerprint density at radius 1 is 1.38 bits per heavy atom. The molecule has 0 amide bonds. The van der Waals surface area contributed by atoms with E-state index in [0.29, 0.717) is 11.5 Å². The van der Waals surface area contributed by atoms with E-state index >= 15 is 0 Å². The molecule has 1 N–H and O–H groups in total. The van der Waals surface area contributed by atoms with Crippen molar-refractivity contribution in [3.63, 3.8) is 0 Å². The van der Waals surface area contributed by atoms with E-state index in [9.17, 15) is 4.79 Å². The molecule has 1 heterocycles. The summed E-state index contributed by atoms with van der Waals surface area (Å²) >= 11 is 0. The number of H-pyrrole nitrogens is 1. The van der Waals surface area contributed by atoms with Crippen LogP contribution in [-0.4, -0.2) is 4.98 Å². The molecule has 0 radical (unpaired) electrons. The molecule has 0 saturated carbocycles. The van der Waals surface area contributed by atoms with E-state index in [1.54, 1.807) is 6.07 Å². The Balaban J connectivity index is 2.82. The van der Waals surface area contributed by atoms with Crippen LogP contribution in [0.25, 0.3) is 11.1 Å². The lowest BCUT2D eigenvalue weighted by Crippen LogP contribution is -1.95. The van der Waals surface area contributed by atoms with Gasteiger partial charge in [-0.3, -0.25) is 4.98 Å². The third-order valence-corrected chi connectivity index (χ3v) is 2.11. The standard InChI is InChI=1S/C10H11NO2/c1-6(2)7-4-3-5-8-9(7)11-10(12)13-8/h3-6H,1-2H3,(H,11,12). The van der Waals surface area contributed by atoms with E-state index in [0.717, 1.165) is 11.1 Å². The highest BCUT2D eigenvalue weighted by Gasteiger charge is 2.08. The summed E-state index contributed by atoms with van der Waals surface area (Å²) in [6.07, 6.45) is 0. The molecule has 2 aromatic rings. The average molecular weight is 177 g/mol. The number of aromatic nitrogens is 1. The van der Waals surface area contributed by atoms with Gasteiger partial charge in [-0.25, -0.2) is 4.79 Å². The zero-order valence-electron chi connectivity index (χ0n) is 7.63. The second kappa shape index (κ2) is 2.76. The van der Waals surface area contributed by atoms with Gasteiger partial charge in [-0.2, -0.15) is 0 Å². The van der Waals surface area contributed by atoms with Crippen LogP contribution in [0.2, 0.25) is 0 Å². The summed E-state index contributed by atoms with van der Waals surface area (Å²) in [4.78, 5) is 13.6. The number of rotatable bonds is 1. The number of fused-ring (bicyclic) bond motifs is 1. The van der Waals surface area contributed by atoms with Crippen molar-refractivity contribution in [2.75, 3.05) is 0 Å². The van der Waals surface area contributed by atoms with Crippen molar-refractivity contribution in [2.24, 2.45) is 0 Å². The first-order chi connectivity index (χ1) is 6.18. The first-order valence-corrected chi connectivity index (χ1v) is 4.30. The molecule has 0 saturated heterocycles. The van der Waals surface area contributed by atoms with Gasteiger partial charge in [-0.05, 0) is 17.5 Å². The number of nitrogens with one attached hydrogen (secondary N) is 1. The fourth-order valence-electron chi connectivity index (χ4n) is 1.48. The molecule has 3 nitrogen and oxygen atoms in total. The Morgan fingerprint density at radius 3 is 2.85 bits per heavy atom. The molecule has 3 heteroatoms. The Labute approximate surface area is 75.4 Å². The molecule has 0 atom stereocenters. The van der Waals surface area contributed by atoms with Crippen molar-refractivity contribution in [3.8, 4) is 0 Å². The summed E-state index contributed by atoms with van der Waals surface area (Å²) in [5.41, 5.74) is 2.57. The van der Waals surface area contributed by atoms with Gasteiger partial charge in [0.15, 0.2) is 5.58 Å². The van der Waals surface area contributed by atoms with E-state index in [-0.39, 0.29) is 5.76 Å². The highest BCUT2D eigenvalue weighted by Crippen LogP contribution is 2.22. The minimum Gasteiger partial charge on any atom is -0.408 e. The summed E-state index contributed by atoms with van der Waals surface area (Å²) in [7, 11) is 0. The maximum absolute atomic E-state index is 10.9. The quantitative estimate of drug-likeness (QED) is 0.726. The molecule has 0 fully saturated rings. The van der Waals surface area contributed by atoms with Gasteiger partial charge in [0, 0.05) is 0 Å². The molecule has 0 aliphatic heterocycles. The van der Waals surface area contributed by atoms with Gasteiger partial charge < -0.3 is 4.42 Å². The third kappa shape index (κ3) is 1.26. The Hall–Kier alpha value is -1.51. The molecule has 0 aliphatic rings. The van der Waals surface area contributed by atoms with Crippen LogP contribution in [0.5, 0.6) is 0 Å². The highest BCUT2D eigenvalue weighted by atomic mass is 16.4. The third-order valence-electron chi connectivity index (χ3n) is 2.11. The molecule has 2 rings (SSSR count). The summed E-state index contributed by atoms with van der Waals surface area (Å²) in [6, 6.07) is 5.69.